The van der Waals surface area contributed by atoms with Crippen molar-refractivity contribution in [1.29, 1.82) is 5.26 Å². The maximum atomic E-state index is 12.4. The van der Waals surface area contributed by atoms with Gasteiger partial charge in [-0.1, -0.05) is 72.1 Å². The Hall–Kier alpha value is -0.840. The molecule has 0 bridgehead atoms. The van der Waals surface area contributed by atoms with E-state index in [9.17, 15) is 4.79 Å². The average Bonchev–Trinajstić information content (AvgIpc) is 2.45. The van der Waals surface area contributed by atoms with Gasteiger partial charge in [-0.25, -0.2) is 0 Å². The minimum absolute atomic E-state index is 0.182. The highest BCUT2D eigenvalue weighted by Gasteiger charge is 2.30. The highest BCUT2D eigenvalue weighted by Crippen LogP contribution is 2.33. The molecule has 0 atom stereocenters. The van der Waals surface area contributed by atoms with E-state index in [1.165, 1.54) is 38.5 Å². The van der Waals surface area contributed by atoms with Crippen LogP contribution in [0.25, 0.3) is 0 Å². The van der Waals surface area contributed by atoms with Gasteiger partial charge in [0.2, 0.25) is 0 Å². The molecule has 0 unspecified atom stereocenters. The normalized spacial score (nSPS) is 11.3. The van der Waals surface area contributed by atoms with Crippen LogP contribution in [0.1, 0.15) is 97.8 Å². The number of carbonyl (C=O) groups excluding carboxylic acids is 1. The summed E-state index contributed by atoms with van der Waals surface area (Å²) >= 11 is 0. The summed E-state index contributed by atoms with van der Waals surface area (Å²) in [5, 5.41) is 8.67. The summed E-state index contributed by atoms with van der Waals surface area (Å²) in [5.74, 6) is 0.312. The third-order valence-corrected chi connectivity index (χ3v) is 4.30. The van der Waals surface area contributed by atoms with Crippen molar-refractivity contribution in [2.45, 2.75) is 97.8 Å². The lowest BCUT2D eigenvalue weighted by Crippen LogP contribution is -2.28. The van der Waals surface area contributed by atoms with Gasteiger partial charge >= 0.3 is 0 Å². The zero-order valence-corrected chi connectivity index (χ0v) is 13.8. The number of rotatable bonds is 13. The second-order valence-electron chi connectivity index (χ2n) is 6.26. The molecule has 0 aromatic rings. The molecule has 0 saturated carbocycles. The summed E-state index contributed by atoms with van der Waals surface area (Å²) in [7, 11) is 0. The van der Waals surface area contributed by atoms with E-state index < -0.39 is 0 Å². The van der Waals surface area contributed by atoms with Gasteiger partial charge in [0.25, 0.3) is 0 Å². The summed E-state index contributed by atoms with van der Waals surface area (Å²) in [6.07, 6.45) is 12.6. The predicted octanol–water partition coefficient (Wildman–Crippen LogP) is 5.81. The Morgan fingerprint density at radius 2 is 1.45 bits per heavy atom. The number of nitriles is 1. The molecule has 0 amide bonds. The smallest absolute Gasteiger partial charge is 0.139 e. The van der Waals surface area contributed by atoms with Crippen molar-refractivity contribution in [3.63, 3.8) is 0 Å². The Morgan fingerprint density at radius 1 is 0.950 bits per heavy atom. The van der Waals surface area contributed by atoms with Gasteiger partial charge in [0.1, 0.15) is 5.78 Å². The van der Waals surface area contributed by atoms with Gasteiger partial charge in [0.15, 0.2) is 0 Å². The third-order valence-electron chi connectivity index (χ3n) is 4.30. The summed E-state index contributed by atoms with van der Waals surface area (Å²) in [5.41, 5.74) is -0.182. The Balaban J connectivity index is 4.33. The first-order chi connectivity index (χ1) is 9.60. The lowest BCUT2D eigenvalue weighted by molar-refractivity contribution is -0.128. The van der Waals surface area contributed by atoms with E-state index in [1.54, 1.807) is 0 Å². The average molecular weight is 279 g/mol. The molecule has 0 fully saturated rings. The van der Waals surface area contributed by atoms with Gasteiger partial charge in [-0.15, -0.1) is 0 Å². The molecular weight excluding hydrogens is 246 g/mol. The van der Waals surface area contributed by atoms with Gasteiger partial charge < -0.3 is 0 Å². The van der Waals surface area contributed by atoms with Crippen LogP contribution in [-0.2, 0) is 4.79 Å². The molecule has 2 heteroatoms. The standard InChI is InChI=1S/C18H33NO/c1-4-6-8-10-14-18(3,15-11-9-7-5-2)17(20)13-12-16-19/h4-15H2,1-3H3. The summed E-state index contributed by atoms with van der Waals surface area (Å²) in [6, 6.07) is 2.10. The Bertz CT molecular complexity index is 278. The third kappa shape index (κ3) is 8.35. The fourth-order valence-corrected chi connectivity index (χ4v) is 2.76. The van der Waals surface area contributed by atoms with E-state index in [0.717, 1.165) is 25.7 Å². The summed E-state index contributed by atoms with van der Waals surface area (Å²) < 4.78 is 0. The van der Waals surface area contributed by atoms with Gasteiger partial charge in [-0.05, 0) is 12.8 Å². The SMILES string of the molecule is CCCCCCC(C)(CCCCCC)C(=O)CCC#N. The first-order valence-corrected chi connectivity index (χ1v) is 8.51. The number of nitrogens with zero attached hydrogens (tertiary/aromatic N) is 1. The van der Waals surface area contributed by atoms with Crippen molar-refractivity contribution in [1.82, 2.24) is 0 Å². The zero-order chi connectivity index (χ0) is 15.3. The predicted molar refractivity (Wildman–Crippen MR) is 85.5 cm³/mol. The molecule has 0 rings (SSSR count). The van der Waals surface area contributed by atoms with Crippen LogP contribution in [0.2, 0.25) is 0 Å². The van der Waals surface area contributed by atoms with Crippen LogP contribution in [-0.4, -0.2) is 5.78 Å². The van der Waals surface area contributed by atoms with Gasteiger partial charge in [0.05, 0.1) is 6.07 Å². The monoisotopic (exact) mass is 279 g/mol. The van der Waals surface area contributed by atoms with Gasteiger partial charge in [0, 0.05) is 18.3 Å². The fourth-order valence-electron chi connectivity index (χ4n) is 2.76. The molecular formula is C18H33NO. The molecule has 0 N–H and O–H groups in total. The first-order valence-electron chi connectivity index (χ1n) is 8.51. The molecule has 0 spiro atoms. The van der Waals surface area contributed by atoms with Gasteiger partial charge in [-0.3, -0.25) is 4.79 Å². The molecule has 0 radical (unpaired) electrons. The van der Waals surface area contributed by atoms with E-state index in [-0.39, 0.29) is 5.41 Å². The molecule has 0 aromatic carbocycles. The maximum absolute atomic E-state index is 12.4. The molecule has 0 heterocycles. The highest BCUT2D eigenvalue weighted by atomic mass is 16.1. The summed E-state index contributed by atoms with van der Waals surface area (Å²) in [4.78, 5) is 12.4. The maximum Gasteiger partial charge on any atom is 0.139 e. The summed E-state index contributed by atoms with van der Waals surface area (Å²) in [6.45, 7) is 6.55. The second-order valence-corrected chi connectivity index (χ2v) is 6.26. The van der Waals surface area contributed by atoms with Crippen molar-refractivity contribution in [2.24, 2.45) is 5.41 Å². The van der Waals surface area contributed by atoms with Crippen LogP contribution in [0, 0.1) is 16.7 Å². The zero-order valence-electron chi connectivity index (χ0n) is 13.8. The van der Waals surface area contributed by atoms with Crippen LogP contribution in [0.15, 0.2) is 0 Å². The lowest BCUT2D eigenvalue weighted by atomic mass is 9.75. The number of ketones is 1. The van der Waals surface area contributed by atoms with E-state index in [0.29, 0.717) is 18.6 Å². The van der Waals surface area contributed by atoms with E-state index >= 15 is 0 Å². The van der Waals surface area contributed by atoms with Crippen molar-refractivity contribution < 1.29 is 4.79 Å². The lowest BCUT2D eigenvalue weighted by Gasteiger charge is -2.28. The molecule has 0 aliphatic heterocycles. The van der Waals surface area contributed by atoms with Crippen molar-refractivity contribution >= 4 is 5.78 Å². The first kappa shape index (κ1) is 19.2. The van der Waals surface area contributed by atoms with Crippen LogP contribution in [0.5, 0.6) is 0 Å². The quantitative estimate of drug-likeness (QED) is 0.399. The van der Waals surface area contributed by atoms with Crippen LogP contribution < -0.4 is 0 Å². The van der Waals surface area contributed by atoms with E-state index in [1.807, 2.05) is 0 Å². The molecule has 0 saturated heterocycles. The number of hydrogen-bond donors (Lipinski definition) is 0. The molecule has 0 aromatic heterocycles. The second kappa shape index (κ2) is 11.9. The van der Waals surface area contributed by atoms with Crippen molar-refractivity contribution in [3.05, 3.63) is 0 Å². The van der Waals surface area contributed by atoms with Crippen LogP contribution in [0.3, 0.4) is 0 Å². The van der Waals surface area contributed by atoms with Crippen LogP contribution in [0.4, 0.5) is 0 Å². The minimum Gasteiger partial charge on any atom is -0.299 e. The molecule has 20 heavy (non-hydrogen) atoms. The van der Waals surface area contributed by atoms with E-state index in [2.05, 4.69) is 26.8 Å². The minimum atomic E-state index is -0.182. The number of unbranched alkanes of at least 4 members (excludes halogenated alkanes) is 6. The molecule has 116 valence electrons. The Kier molecular flexibility index (Phi) is 11.4. The van der Waals surface area contributed by atoms with Gasteiger partial charge in [-0.2, -0.15) is 5.26 Å². The molecule has 0 aliphatic carbocycles. The Labute approximate surface area is 125 Å². The highest BCUT2D eigenvalue weighted by molar-refractivity contribution is 5.84. The van der Waals surface area contributed by atoms with E-state index in [4.69, 9.17) is 5.26 Å². The molecule has 0 aliphatic rings. The number of hydrogen-bond acceptors (Lipinski definition) is 2. The number of Topliss-reactive ketones (excluding diaryl/α,β-unsaturated/α-hetero) is 1. The number of carbonyl (C=O) groups is 1. The molecule has 2 nitrogen and oxygen atoms in total. The topological polar surface area (TPSA) is 40.9 Å². The van der Waals surface area contributed by atoms with Crippen molar-refractivity contribution in [3.8, 4) is 6.07 Å². The largest absolute Gasteiger partial charge is 0.299 e. The Morgan fingerprint density at radius 3 is 1.85 bits per heavy atom. The van der Waals surface area contributed by atoms with Crippen molar-refractivity contribution in [2.75, 3.05) is 0 Å². The fraction of sp³-hybridized carbons (Fsp3) is 0.889. The van der Waals surface area contributed by atoms with Crippen LogP contribution >= 0.6 is 0 Å².